The maximum absolute atomic E-state index is 11.6. The Balaban J connectivity index is 2.63. The van der Waals surface area contributed by atoms with E-state index < -0.39 is 0 Å². The standard InChI is InChI=1S/C14H18O2/c1-3-5-6-14(15)12-7-9-13(10-8-12)16-11-4-2/h5-10H,3-4,11H2,1-2H3/b6-5+. The van der Waals surface area contributed by atoms with E-state index in [0.29, 0.717) is 12.2 Å². The highest BCUT2D eigenvalue weighted by atomic mass is 16.5. The van der Waals surface area contributed by atoms with Crippen molar-refractivity contribution in [2.24, 2.45) is 0 Å². The number of rotatable bonds is 6. The van der Waals surface area contributed by atoms with Crippen molar-refractivity contribution in [3.05, 3.63) is 42.0 Å². The van der Waals surface area contributed by atoms with Crippen molar-refractivity contribution in [3.63, 3.8) is 0 Å². The number of carbonyl (C=O) groups excluding carboxylic acids is 1. The minimum atomic E-state index is 0.0453. The van der Waals surface area contributed by atoms with Gasteiger partial charge in [-0.1, -0.05) is 19.9 Å². The topological polar surface area (TPSA) is 26.3 Å². The van der Waals surface area contributed by atoms with Gasteiger partial charge in [0.1, 0.15) is 5.75 Å². The molecule has 16 heavy (non-hydrogen) atoms. The van der Waals surface area contributed by atoms with E-state index in [0.717, 1.165) is 18.6 Å². The second-order valence-electron chi connectivity index (χ2n) is 3.55. The first-order valence-corrected chi connectivity index (χ1v) is 5.71. The van der Waals surface area contributed by atoms with E-state index in [9.17, 15) is 4.79 Å². The molecule has 0 saturated heterocycles. The van der Waals surface area contributed by atoms with Crippen LogP contribution in [0.4, 0.5) is 0 Å². The van der Waals surface area contributed by atoms with Crippen molar-refractivity contribution in [3.8, 4) is 5.75 Å². The van der Waals surface area contributed by atoms with Gasteiger partial charge in [0.15, 0.2) is 5.78 Å². The molecule has 0 heterocycles. The molecule has 0 radical (unpaired) electrons. The van der Waals surface area contributed by atoms with Gasteiger partial charge in [-0.2, -0.15) is 0 Å². The van der Waals surface area contributed by atoms with Gasteiger partial charge in [-0.05, 0) is 43.2 Å². The van der Waals surface area contributed by atoms with Gasteiger partial charge in [0, 0.05) is 5.56 Å². The van der Waals surface area contributed by atoms with E-state index in [1.54, 1.807) is 18.2 Å². The Hall–Kier alpha value is -1.57. The molecule has 0 N–H and O–H groups in total. The highest BCUT2D eigenvalue weighted by molar-refractivity contribution is 6.04. The van der Waals surface area contributed by atoms with E-state index in [2.05, 4.69) is 6.92 Å². The largest absolute Gasteiger partial charge is 0.494 e. The first kappa shape index (κ1) is 12.5. The molecule has 1 aromatic carbocycles. The fourth-order valence-electron chi connectivity index (χ4n) is 1.26. The molecule has 86 valence electrons. The zero-order valence-electron chi connectivity index (χ0n) is 9.90. The van der Waals surface area contributed by atoms with E-state index in [-0.39, 0.29) is 5.78 Å². The molecule has 0 aliphatic rings. The fourth-order valence-corrected chi connectivity index (χ4v) is 1.26. The Bertz CT molecular complexity index is 350. The van der Waals surface area contributed by atoms with Gasteiger partial charge in [-0.3, -0.25) is 4.79 Å². The van der Waals surface area contributed by atoms with Crippen LogP contribution in [0.15, 0.2) is 36.4 Å². The lowest BCUT2D eigenvalue weighted by molar-refractivity contribution is 0.104. The Morgan fingerprint density at radius 1 is 1.25 bits per heavy atom. The second-order valence-corrected chi connectivity index (χ2v) is 3.55. The van der Waals surface area contributed by atoms with Crippen LogP contribution in [0.3, 0.4) is 0 Å². The van der Waals surface area contributed by atoms with Gasteiger partial charge in [0.05, 0.1) is 6.61 Å². The summed E-state index contributed by atoms with van der Waals surface area (Å²) in [5, 5.41) is 0. The molecule has 2 heteroatoms. The molecule has 1 rings (SSSR count). The van der Waals surface area contributed by atoms with E-state index in [4.69, 9.17) is 4.74 Å². The third kappa shape index (κ3) is 3.89. The smallest absolute Gasteiger partial charge is 0.185 e. The molecule has 0 saturated carbocycles. The van der Waals surface area contributed by atoms with Crippen LogP contribution in [0.1, 0.15) is 37.0 Å². The predicted molar refractivity (Wildman–Crippen MR) is 66.0 cm³/mol. The van der Waals surface area contributed by atoms with Crippen LogP contribution in [0.5, 0.6) is 5.75 Å². The highest BCUT2D eigenvalue weighted by Crippen LogP contribution is 2.13. The number of ether oxygens (including phenoxy) is 1. The molecular weight excluding hydrogens is 200 g/mol. The minimum Gasteiger partial charge on any atom is -0.494 e. The molecule has 0 bridgehead atoms. The molecule has 0 aliphatic heterocycles. The molecule has 0 amide bonds. The van der Waals surface area contributed by atoms with E-state index in [1.165, 1.54) is 0 Å². The molecule has 0 atom stereocenters. The molecule has 0 fully saturated rings. The van der Waals surface area contributed by atoms with Crippen LogP contribution < -0.4 is 4.74 Å². The SMILES string of the molecule is CC/C=C/C(=O)c1ccc(OCCC)cc1. The summed E-state index contributed by atoms with van der Waals surface area (Å²) >= 11 is 0. The summed E-state index contributed by atoms with van der Waals surface area (Å²) in [6, 6.07) is 7.27. The summed E-state index contributed by atoms with van der Waals surface area (Å²) in [5.41, 5.74) is 0.702. The lowest BCUT2D eigenvalue weighted by Crippen LogP contribution is -1.97. The predicted octanol–water partition coefficient (Wildman–Crippen LogP) is 3.62. The summed E-state index contributed by atoms with van der Waals surface area (Å²) in [6.45, 7) is 4.78. The van der Waals surface area contributed by atoms with Crippen molar-refractivity contribution in [1.82, 2.24) is 0 Å². The second kappa shape index (κ2) is 6.83. The third-order valence-corrected chi connectivity index (χ3v) is 2.12. The average molecular weight is 218 g/mol. The van der Waals surface area contributed by atoms with Gasteiger partial charge in [0.2, 0.25) is 0 Å². The number of hydrogen-bond donors (Lipinski definition) is 0. The molecular formula is C14H18O2. The van der Waals surface area contributed by atoms with E-state index in [1.807, 2.05) is 25.1 Å². The molecule has 2 nitrogen and oxygen atoms in total. The average Bonchev–Trinajstić information content (AvgIpc) is 2.34. The van der Waals surface area contributed by atoms with Crippen molar-refractivity contribution < 1.29 is 9.53 Å². The van der Waals surface area contributed by atoms with Crippen LogP contribution in [0, 0.1) is 0 Å². The summed E-state index contributed by atoms with van der Waals surface area (Å²) in [4.78, 5) is 11.6. The molecule has 0 aliphatic carbocycles. The Labute approximate surface area is 96.9 Å². The highest BCUT2D eigenvalue weighted by Gasteiger charge is 2.01. The third-order valence-electron chi connectivity index (χ3n) is 2.12. The lowest BCUT2D eigenvalue weighted by Gasteiger charge is -2.04. The molecule has 0 unspecified atom stereocenters. The van der Waals surface area contributed by atoms with Crippen molar-refractivity contribution in [1.29, 1.82) is 0 Å². The summed E-state index contributed by atoms with van der Waals surface area (Å²) < 4.78 is 5.44. The maximum atomic E-state index is 11.6. The quantitative estimate of drug-likeness (QED) is 0.538. The zero-order chi connectivity index (χ0) is 11.8. The van der Waals surface area contributed by atoms with Gasteiger partial charge in [-0.15, -0.1) is 0 Å². The van der Waals surface area contributed by atoms with Crippen LogP contribution in [-0.2, 0) is 0 Å². The van der Waals surface area contributed by atoms with Crippen LogP contribution in [-0.4, -0.2) is 12.4 Å². The van der Waals surface area contributed by atoms with Crippen molar-refractivity contribution in [2.75, 3.05) is 6.61 Å². The summed E-state index contributed by atoms with van der Waals surface area (Å²) in [6.07, 6.45) is 5.34. The molecule has 0 spiro atoms. The Morgan fingerprint density at radius 2 is 1.94 bits per heavy atom. The number of ketones is 1. The maximum Gasteiger partial charge on any atom is 0.185 e. The van der Waals surface area contributed by atoms with Gasteiger partial charge in [-0.25, -0.2) is 0 Å². The first-order chi connectivity index (χ1) is 7.77. The zero-order valence-corrected chi connectivity index (χ0v) is 9.90. The molecule has 0 aromatic heterocycles. The van der Waals surface area contributed by atoms with Crippen LogP contribution in [0.25, 0.3) is 0 Å². The normalized spacial score (nSPS) is 10.6. The van der Waals surface area contributed by atoms with Crippen LogP contribution in [0.2, 0.25) is 0 Å². The van der Waals surface area contributed by atoms with Gasteiger partial charge < -0.3 is 4.74 Å². The van der Waals surface area contributed by atoms with Crippen LogP contribution >= 0.6 is 0 Å². The summed E-state index contributed by atoms with van der Waals surface area (Å²) in [5.74, 6) is 0.863. The Kier molecular flexibility index (Phi) is 5.34. The fraction of sp³-hybridized carbons (Fsp3) is 0.357. The summed E-state index contributed by atoms with van der Waals surface area (Å²) in [7, 11) is 0. The van der Waals surface area contributed by atoms with Crippen molar-refractivity contribution >= 4 is 5.78 Å². The molecule has 1 aromatic rings. The number of benzene rings is 1. The first-order valence-electron chi connectivity index (χ1n) is 5.71. The monoisotopic (exact) mass is 218 g/mol. The van der Waals surface area contributed by atoms with Crippen molar-refractivity contribution in [2.45, 2.75) is 26.7 Å². The lowest BCUT2D eigenvalue weighted by atomic mass is 10.1. The van der Waals surface area contributed by atoms with Gasteiger partial charge in [0.25, 0.3) is 0 Å². The van der Waals surface area contributed by atoms with E-state index >= 15 is 0 Å². The number of carbonyl (C=O) groups is 1. The number of allylic oxidation sites excluding steroid dienone is 2. The number of hydrogen-bond acceptors (Lipinski definition) is 2. The minimum absolute atomic E-state index is 0.0453. The Morgan fingerprint density at radius 3 is 2.50 bits per heavy atom. The van der Waals surface area contributed by atoms with Gasteiger partial charge >= 0.3 is 0 Å².